The van der Waals surface area contributed by atoms with E-state index < -0.39 is 0 Å². The summed E-state index contributed by atoms with van der Waals surface area (Å²) in [7, 11) is 1.76. The second kappa shape index (κ2) is 6.56. The SMILES string of the molecule is Cn1cc(NC(=O)CCCN2C(=O)c3ccc(Br)cc3C2=O)cn1. The van der Waals surface area contributed by atoms with Crippen molar-refractivity contribution in [3.05, 3.63) is 46.2 Å². The third kappa shape index (κ3) is 3.23. The maximum absolute atomic E-state index is 12.3. The Morgan fingerprint density at radius 1 is 1.25 bits per heavy atom. The predicted molar refractivity (Wildman–Crippen MR) is 90.6 cm³/mol. The van der Waals surface area contributed by atoms with E-state index in [-0.39, 0.29) is 30.7 Å². The van der Waals surface area contributed by atoms with Crippen molar-refractivity contribution >= 4 is 39.3 Å². The molecule has 1 N–H and O–H groups in total. The van der Waals surface area contributed by atoms with Crippen LogP contribution < -0.4 is 5.32 Å². The summed E-state index contributed by atoms with van der Waals surface area (Å²) in [6.45, 7) is 0.213. The quantitative estimate of drug-likeness (QED) is 0.793. The van der Waals surface area contributed by atoms with Crippen molar-refractivity contribution in [1.29, 1.82) is 0 Å². The first-order valence-corrected chi connectivity index (χ1v) is 8.19. The van der Waals surface area contributed by atoms with Crippen LogP contribution in [0.25, 0.3) is 0 Å². The Balaban J connectivity index is 1.55. The zero-order chi connectivity index (χ0) is 17.3. The number of imide groups is 1. The molecular formula is C16H15BrN4O3. The van der Waals surface area contributed by atoms with E-state index >= 15 is 0 Å². The van der Waals surface area contributed by atoms with Gasteiger partial charge in [0.1, 0.15) is 0 Å². The Kier molecular flexibility index (Phi) is 4.48. The second-order valence-electron chi connectivity index (χ2n) is 5.51. The second-order valence-corrected chi connectivity index (χ2v) is 6.42. The molecule has 0 spiro atoms. The number of aromatic nitrogens is 2. The van der Waals surface area contributed by atoms with Crippen molar-refractivity contribution in [3.63, 3.8) is 0 Å². The molecule has 24 heavy (non-hydrogen) atoms. The van der Waals surface area contributed by atoms with Crippen molar-refractivity contribution in [2.75, 3.05) is 11.9 Å². The average Bonchev–Trinajstić information content (AvgIpc) is 3.04. The molecule has 8 heteroatoms. The van der Waals surface area contributed by atoms with Crippen LogP contribution in [-0.2, 0) is 11.8 Å². The van der Waals surface area contributed by atoms with E-state index in [1.807, 2.05) is 0 Å². The Labute approximate surface area is 146 Å². The van der Waals surface area contributed by atoms with Crippen LogP contribution in [0.5, 0.6) is 0 Å². The molecule has 3 amide bonds. The van der Waals surface area contributed by atoms with Gasteiger partial charge in [-0.1, -0.05) is 15.9 Å². The summed E-state index contributed by atoms with van der Waals surface area (Å²) in [6.07, 6.45) is 3.87. The highest BCUT2D eigenvalue weighted by atomic mass is 79.9. The first kappa shape index (κ1) is 16.4. The summed E-state index contributed by atoms with van der Waals surface area (Å²) in [4.78, 5) is 37.6. The van der Waals surface area contributed by atoms with Gasteiger partial charge in [0, 0.05) is 30.7 Å². The number of amides is 3. The number of benzene rings is 1. The van der Waals surface area contributed by atoms with Crippen LogP contribution in [-0.4, -0.2) is 38.9 Å². The number of hydrogen-bond donors (Lipinski definition) is 1. The normalized spacial score (nSPS) is 13.3. The van der Waals surface area contributed by atoms with Crippen LogP contribution in [0.2, 0.25) is 0 Å². The van der Waals surface area contributed by atoms with E-state index in [9.17, 15) is 14.4 Å². The molecule has 0 aliphatic carbocycles. The lowest BCUT2D eigenvalue weighted by Crippen LogP contribution is -2.31. The minimum Gasteiger partial charge on any atom is -0.323 e. The molecule has 1 aromatic carbocycles. The number of carbonyl (C=O) groups is 3. The highest BCUT2D eigenvalue weighted by Crippen LogP contribution is 2.26. The largest absolute Gasteiger partial charge is 0.323 e. The zero-order valence-corrected chi connectivity index (χ0v) is 14.5. The van der Waals surface area contributed by atoms with Crippen LogP contribution in [0.1, 0.15) is 33.6 Å². The van der Waals surface area contributed by atoms with Crippen LogP contribution in [0, 0.1) is 0 Å². The van der Waals surface area contributed by atoms with Gasteiger partial charge in [0.15, 0.2) is 0 Å². The molecule has 0 saturated heterocycles. The third-order valence-corrected chi connectivity index (χ3v) is 4.20. The maximum Gasteiger partial charge on any atom is 0.261 e. The first-order valence-electron chi connectivity index (χ1n) is 7.40. The van der Waals surface area contributed by atoms with E-state index in [4.69, 9.17) is 0 Å². The van der Waals surface area contributed by atoms with Gasteiger partial charge >= 0.3 is 0 Å². The lowest BCUT2D eigenvalue weighted by atomic mass is 10.1. The average molecular weight is 391 g/mol. The summed E-state index contributed by atoms with van der Waals surface area (Å²) >= 11 is 3.30. The van der Waals surface area contributed by atoms with Crippen LogP contribution in [0.15, 0.2) is 35.1 Å². The number of aryl methyl sites for hydroxylation is 1. The fourth-order valence-corrected chi connectivity index (χ4v) is 2.93. The van der Waals surface area contributed by atoms with Gasteiger partial charge in [-0.25, -0.2) is 0 Å². The van der Waals surface area contributed by atoms with Gasteiger partial charge in [-0.2, -0.15) is 5.10 Å². The van der Waals surface area contributed by atoms with E-state index in [0.717, 1.165) is 4.47 Å². The Hall–Kier alpha value is -2.48. The highest BCUT2D eigenvalue weighted by Gasteiger charge is 2.35. The monoisotopic (exact) mass is 390 g/mol. The zero-order valence-electron chi connectivity index (χ0n) is 13.0. The van der Waals surface area contributed by atoms with Gasteiger partial charge in [0.2, 0.25) is 5.91 Å². The smallest absolute Gasteiger partial charge is 0.261 e. The molecule has 124 valence electrons. The molecule has 0 bridgehead atoms. The molecule has 0 radical (unpaired) electrons. The van der Waals surface area contributed by atoms with Crippen LogP contribution in [0.4, 0.5) is 5.69 Å². The summed E-state index contributed by atoms with van der Waals surface area (Å²) in [5, 5.41) is 6.68. The summed E-state index contributed by atoms with van der Waals surface area (Å²) < 4.78 is 2.34. The third-order valence-electron chi connectivity index (χ3n) is 3.71. The maximum atomic E-state index is 12.3. The molecule has 0 fully saturated rings. The topological polar surface area (TPSA) is 84.3 Å². The molecule has 1 aromatic heterocycles. The number of halogens is 1. The molecule has 7 nitrogen and oxygen atoms in total. The molecule has 1 aliphatic heterocycles. The summed E-state index contributed by atoms with van der Waals surface area (Å²) in [5.74, 6) is -0.804. The molecular weight excluding hydrogens is 376 g/mol. The number of rotatable bonds is 5. The van der Waals surface area contributed by atoms with E-state index in [0.29, 0.717) is 23.2 Å². The molecule has 3 rings (SSSR count). The van der Waals surface area contributed by atoms with E-state index in [1.54, 1.807) is 42.3 Å². The highest BCUT2D eigenvalue weighted by molar-refractivity contribution is 9.10. The van der Waals surface area contributed by atoms with E-state index in [2.05, 4.69) is 26.3 Å². The number of carbonyl (C=O) groups excluding carboxylic acids is 3. The number of nitrogens with zero attached hydrogens (tertiary/aromatic N) is 3. The van der Waals surface area contributed by atoms with Crippen molar-refractivity contribution in [2.24, 2.45) is 7.05 Å². The minimum absolute atomic E-state index is 0.178. The fourth-order valence-electron chi connectivity index (χ4n) is 2.57. The summed E-state index contributed by atoms with van der Waals surface area (Å²) in [6, 6.07) is 5.01. The first-order chi connectivity index (χ1) is 11.5. The molecule has 0 atom stereocenters. The van der Waals surface area contributed by atoms with Gasteiger partial charge in [-0.3, -0.25) is 24.0 Å². The summed E-state index contributed by atoms with van der Waals surface area (Å²) in [5.41, 5.74) is 1.42. The predicted octanol–water partition coefficient (Wildman–Crippen LogP) is 2.20. The van der Waals surface area contributed by atoms with Crippen molar-refractivity contribution in [3.8, 4) is 0 Å². The standard InChI is InChI=1S/C16H15BrN4O3/c1-20-9-11(8-18-20)19-14(22)3-2-6-21-15(23)12-5-4-10(17)7-13(12)16(21)24/h4-5,7-9H,2-3,6H2,1H3,(H,19,22). The number of fused-ring (bicyclic) bond motifs is 1. The van der Waals surface area contributed by atoms with Crippen LogP contribution >= 0.6 is 15.9 Å². The number of nitrogens with one attached hydrogen (secondary N) is 1. The minimum atomic E-state index is -0.316. The van der Waals surface area contributed by atoms with Crippen molar-refractivity contribution < 1.29 is 14.4 Å². The van der Waals surface area contributed by atoms with Gasteiger partial charge in [0.25, 0.3) is 11.8 Å². The molecule has 0 unspecified atom stereocenters. The number of hydrogen-bond acceptors (Lipinski definition) is 4. The lowest BCUT2D eigenvalue weighted by molar-refractivity contribution is -0.116. The van der Waals surface area contributed by atoms with Gasteiger partial charge in [-0.15, -0.1) is 0 Å². The fraction of sp³-hybridized carbons (Fsp3) is 0.250. The Morgan fingerprint density at radius 2 is 2.00 bits per heavy atom. The Bertz CT molecular complexity index is 830. The van der Waals surface area contributed by atoms with Crippen molar-refractivity contribution in [2.45, 2.75) is 12.8 Å². The van der Waals surface area contributed by atoms with Gasteiger partial charge in [-0.05, 0) is 24.6 Å². The van der Waals surface area contributed by atoms with Crippen molar-refractivity contribution in [1.82, 2.24) is 14.7 Å². The van der Waals surface area contributed by atoms with Gasteiger partial charge in [0.05, 0.1) is 23.0 Å². The van der Waals surface area contributed by atoms with Crippen LogP contribution in [0.3, 0.4) is 0 Å². The number of anilines is 1. The Morgan fingerprint density at radius 3 is 2.71 bits per heavy atom. The van der Waals surface area contributed by atoms with Gasteiger partial charge < -0.3 is 5.32 Å². The molecule has 2 aromatic rings. The molecule has 2 heterocycles. The molecule has 1 aliphatic rings. The lowest BCUT2D eigenvalue weighted by Gasteiger charge is -2.13. The molecule has 0 saturated carbocycles. The van der Waals surface area contributed by atoms with E-state index in [1.165, 1.54) is 4.90 Å².